The molecule has 2 aromatic carbocycles. The van der Waals surface area contributed by atoms with E-state index < -0.39 is 0 Å². The number of hydrogen-bond acceptors (Lipinski definition) is 7. The molecular formula is C31H29ClN6O2. The molecule has 202 valence electrons. The van der Waals surface area contributed by atoms with E-state index in [4.69, 9.17) is 21.3 Å². The number of halogens is 1. The van der Waals surface area contributed by atoms with Crippen molar-refractivity contribution in [3.8, 4) is 22.4 Å². The molecule has 0 saturated carbocycles. The maximum Gasteiger partial charge on any atom is 0.260 e. The van der Waals surface area contributed by atoms with Gasteiger partial charge in [0, 0.05) is 58.7 Å². The lowest BCUT2D eigenvalue weighted by Gasteiger charge is -2.23. The van der Waals surface area contributed by atoms with Crippen LogP contribution in [0.2, 0.25) is 5.02 Å². The van der Waals surface area contributed by atoms with Crippen LogP contribution in [0.1, 0.15) is 29.7 Å². The maximum atomic E-state index is 14.1. The van der Waals surface area contributed by atoms with Crippen molar-refractivity contribution < 1.29 is 4.74 Å². The number of fused-ring (bicyclic) bond motifs is 1. The molecule has 6 rings (SSSR count). The molecule has 4 heterocycles. The smallest absolute Gasteiger partial charge is 0.260 e. The molecule has 3 aromatic heterocycles. The fraction of sp³-hybridized carbons (Fsp3) is 0.258. The number of ether oxygens (including phenoxy) is 1. The fourth-order valence-corrected chi connectivity index (χ4v) is 5.33. The number of anilines is 1. The van der Waals surface area contributed by atoms with Gasteiger partial charge in [0.1, 0.15) is 5.65 Å². The number of rotatable bonds is 6. The highest BCUT2D eigenvalue weighted by Crippen LogP contribution is 2.32. The van der Waals surface area contributed by atoms with Crippen LogP contribution in [0.25, 0.3) is 33.4 Å². The summed E-state index contributed by atoms with van der Waals surface area (Å²) in [6, 6.07) is 15.7. The minimum Gasteiger partial charge on any atom is -0.381 e. The van der Waals surface area contributed by atoms with Crippen LogP contribution < -0.4 is 10.9 Å². The van der Waals surface area contributed by atoms with Crippen LogP contribution in [0.5, 0.6) is 0 Å². The minimum atomic E-state index is -0.170. The van der Waals surface area contributed by atoms with Gasteiger partial charge in [-0.3, -0.25) is 14.3 Å². The molecule has 0 amide bonds. The second kappa shape index (κ2) is 11.2. The van der Waals surface area contributed by atoms with Crippen molar-refractivity contribution in [2.75, 3.05) is 18.5 Å². The van der Waals surface area contributed by atoms with Gasteiger partial charge in [-0.05, 0) is 49.9 Å². The molecule has 1 aliphatic heterocycles. The summed E-state index contributed by atoms with van der Waals surface area (Å²) < 4.78 is 7.20. The quantitative estimate of drug-likeness (QED) is 0.283. The van der Waals surface area contributed by atoms with Gasteiger partial charge in [0.05, 0.1) is 24.1 Å². The number of benzene rings is 2. The summed E-state index contributed by atoms with van der Waals surface area (Å²) in [4.78, 5) is 32.3. The molecule has 0 radical (unpaired) electrons. The van der Waals surface area contributed by atoms with Gasteiger partial charge in [0.15, 0.2) is 0 Å². The second-order valence-electron chi connectivity index (χ2n) is 10.1. The van der Waals surface area contributed by atoms with E-state index in [1.807, 2.05) is 62.4 Å². The zero-order chi connectivity index (χ0) is 27.6. The van der Waals surface area contributed by atoms with E-state index in [9.17, 15) is 4.79 Å². The van der Waals surface area contributed by atoms with Crippen molar-refractivity contribution in [2.45, 2.75) is 39.3 Å². The molecule has 1 fully saturated rings. The molecule has 0 spiro atoms. The van der Waals surface area contributed by atoms with E-state index in [1.165, 1.54) is 0 Å². The summed E-state index contributed by atoms with van der Waals surface area (Å²) in [6.07, 6.45) is 6.95. The molecule has 1 saturated heterocycles. The van der Waals surface area contributed by atoms with Gasteiger partial charge >= 0.3 is 0 Å². The predicted octanol–water partition coefficient (Wildman–Crippen LogP) is 5.82. The monoisotopic (exact) mass is 552 g/mol. The molecular weight excluding hydrogens is 524 g/mol. The Balaban J connectivity index is 1.46. The van der Waals surface area contributed by atoms with E-state index in [0.29, 0.717) is 47.5 Å². The van der Waals surface area contributed by atoms with Crippen LogP contribution >= 0.6 is 11.6 Å². The summed E-state index contributed by atoms with van der Waals surface area (Å²) in [5.74, 6) is 0.506. The largest absolute Gasteiger partial charge is 0.381 e. The first-order valence-corrected chi connectivity index (χ1v) is 13.7. The van der Waals surface area contributed by atoms with Crippen LogP contribution in [0.15, 0.2) is 71.9 Å². The first kappa shape index (κ1) is 26.1. The Labute approximate surface area is 237 Å². The van der Waals surface area contributed by atoms with Crippen molar-refractivity contribution in [1.82, 2.24) is 24.5 Å². The van der Waals surface area contributed by atoms with Gasteiger partial charge in [0.25, 0.3) is 5.56 Å². The van der Waals surface area contributed by atoms with Crippen LogP contribution in [0.3, 0.4) is 0 Å². The van der Waals surface area contributed by atoms with E-state index in [-0.39, 0.29) is 11.6 Å². The molecule has 9 heteroatoms. The Morgan fingerprint density at radius 1 is 1.00 bits per heavy atom. The highest BCUT2D eigenvalue weighted by Gasteiger charge is 2.19. The third-order valence-corrected chi connectivity index (χ3v) is 7.59. The fourth-order valence-electron chi connectivity index (χ4n) is 5.05. The molecule has 1 N–H and O–H groups in total. The predicted molar refractivity (Wildman–Crippen MR) is 158 cm³/mol. The highest BCUT2D eigenvalue weighted by atomic mass is 35.5. The SMILES string of the molecule is Cc1cncc(-c2ccc(-c3cc4cnc(NC5CCOCC5)nc4n(Cc4ccccc4C)c3=O)c(Cl)c2)n1. The second-order valence-corrected chi connectivity index (χ2v) is 10.5. The lowest BCUT2D eigenvalue weighted by molar-refractivity contribution is 0.0903. The van der Waals surface area contributed by atoms with E-state index in [1.54, 1.807) is 23.2 Å². The Kier molecular flexibility index (Phi) is 7.28. The number of pyridine rings is 1. The van der Waals surface area contributed by atoms with Gasteiger partial charge in [0.2, 0.25) is 5.95 Å². The van der Waals surface area contributed by atoms with Crippen molar-refractivity contribution in [2.24, 2.45) is 0 Å². The maximum absolute atomic E-state index is 14.1. The summed E-state index contributed by atoms with van der Waals surface area (Å²) in [7, 11) is 0. The zero-order valence-corrected chi connectivity index (χ0v) is 23.2. The van der Waals surface area contributed by atoms with Gasteiger partial charge in [-0.2, -0.15) is 4.98 Å². The van der Waals surface area contributed by atoms with Crippen molar-refractivity contribution in [1.29, 1.82) is 0 Å². The topological polar surface area (TPSA) is 94.8 Å². The zero-order valence-electron chi connectivity index (χ0n) is 22.4. The van der Waals surface area contributed by atoms with Crippen LogP contribution in [0.4, 0.5) is 5.95 Å². The Morgan fingerprint density at radius 2 is 1.82 bits per heavy atom. The number of nitrogens with zero attached hydrogens (tertiary/aromatic N) is 5. The van der Waals surface area contributed by atoms with Crippen LogP contribution in [-0.4, -0.2) is 43.8 Å². The lowest BCUT2D eigenvalue weighted by Crippen LogP contribution is -2.29. The third kappa shape index (κ3) is 5.33. The molecule has 0 unspecified atom stereocenters. The Morgan fingerprint density at radius 3 is 2.60 bits per heavy atom. The molecule has 40 heavy (non-hydrogen) atoms. The molecule has 0 bridgehead atoms. The third-order valence-electron chi connectivity index (χ3n) is 7.28. The molecule has 0 aliphatic carbocycles. The number of hydrogen-bond donors (Lipinski definition) is 1. The lowest BCUT2D eigenvalue weighted by atomic mass is 10.0. The first-order chi connectivity index (χ1) is 19.5. The number of aromatic nitrogens is 5. The van der Waals surface area contributed by atoms with Gasteiger partial charge in [-0.15, -0.1) is 0 Å². The average Bonchev–Trinajstić information content (AvgIpc) is 2.96. The first-order valence-electron chi connectivity index (χ1n) is 13.3. The molecule has 5 aromatic rings. The van der Waals surface area contributed by atoms with Gasteiger partial charge in [-0.25, -0.2) is 9.97 Å². The van der Waals surface area contributed by atoms with Crippen LogP contribution in [-0.2, 0) is 11.3 Å². The normalized spacial score (nSPS) is 14.0. The van der Waals surface area contributed by atoms with Gasteiger partial charge in [-0.1, -0.05) is 48.0 Å². The van der Waals surface area contributed by atoms with Crippen molar-refractivity contribution in [3.63, 3.8) is 0 Å². The highest BCUT2D eigenvalue weighted by molar-refractivity contribution is 6.33. The molecule has 8 nitrogen and oxygen atoms in total. The van der Waals surface area contributed by atoms with Crippen LogP contribution in [0, 0.1) is 13.8 Å². The number of nitrogens with one attached hydrogen (secondary N) is 1. The van der Waals surface area contributed by atoms with Crippen molar-refractivity contribution >= 4 is 28.6 Å². The summed E-state index contributed by atoms with van der Waals surface area (Å²) >= 11 is 6.80. The van der Waals surface area contributed by atoms with Gasteiger partial charge < -0.3 is 10.1 Å². The Bertz CT molecular complexity index is 1760. The van der Waals surface area contributed by atoms with Crippen molar-refractivity contribution in [3.05, 3.63) is 99.3 Å². The standard InChI is InChI=1S/C31H29ClN6O2/c1-19-5-3-4-6-22(19)18-38-29-23(16-34-31(37-29)36-24-9-11-40-12-10-24)13-26(30(38)39)25-8-7-21(14-27(25)32)28-17-33-15-20(2)35-28/h3-8,13-17,24H,9-12,18H2,1-2H3,(H,34,36,37). The minimum absolute atomic E-state index is 0.170. The van der Waals surface area contributed by atoms with E-state index in [0.717, 1.165) is 46.3 Å². The Hall–Kier alpha value is -4.14. The molecule has 1 aliphatic rings. The summed E-state index contributed by atoms with van der Waals surface area (Å²) in [5, 5.41) is 4.64. The average molecular weight is 553 g/mol. The summed E-state index contributed by atoms with van der Waals surface area (Å²) in [5.41, 5.74) is 6.05. The number of aryl methyl sites for hydroxylation is 2. The van der Waals surface area contributed by atoms with E-state index in [2.05, 4.69) is 20.3 Å². The summed E-state index contributed by atoms with van der Waals surface area (Å²) in [6.45, 7) is 5.73. The molecule has 0 atom stereocenters. The van der Waals surface area contributed by atoms with E-state index >= 15 is 0 Å².